The highest BCUT2D eigenvalue weighted by Crippen LogP contribution is 2.14. The minimum absolute atomic E-state index is 0.0813. The van der Waals surface area contributed by atoms with Gasteiger partial charge in [-0.2, -0.15) is 0 Å². The summed E-state index contributed by atoms with van der Waals surface area (Å²) in [5.41, 5.74) is 0. The molecule has 0 saturated heterocycles. The predicted octanol–water partition coefficient (Wildman–Crippen LogP) is 15.4. The van der Waals surface area contributed by atoms with Gasteiger partial charge >= 0.3 is 11.9 Å². The minimum atomic E-state index is -0.536. The van der Waals surface area contributed by atoms with Crippen LogP contribution in [0, 0.1) is 0 Å². The van der Waals surface area contributed by atoms with Crippen molar-refractivity contribution in [3.63, 3.8) is 0 Å². The third-order valence-electron chi connectivity index (χ3n) is 10.1. The van der Waals surface area contributed by atoms with Gasteiger partial charge in [-0.1, -0.05) is 192 Å². The van der Waals surface area contributed by atoms with Crippen molar-refractivity contribution in [3.05, 3.63) is 36.5 Å². The molecule has 0 bridgehead atoms. The number of rotatable bonds is 43. The summed E-state index contributed by atoms with van der Waals surface area (Å²) in [6.07, 6.45) is 53.0. The van der Waals surface area contributed by atoms with Crippen molar-refractivity contribution in [1.29, 1.82) is 0 Å². The summed E-state index contributed by atoms with van der Waals surface area (Å²) in [5.74, 6) is -0.412. The first-order chi connectivity index (χ1) is 26.6. The summed E-state index contributed by atoms with van der Waals surface area (Å²) in [5, 5.41) is 0. The molecule has 54 heavy (non-hydrogen) atoms. The normalized spacial score (nSPS) is 12.4. The summed E-state index contributed by atoms with van der Waals surface area (Å²) < 4.78 is 17.2. The Balaban J connectivity index is 4.07. The third-order valence-corrected chi connectivity index (χ3v) is 10.1. The number of ether oxygens (including phenoxy) is 3. The summed E-state index contributed by atoms with van der Waals surface area (Å²) in [6, 6.07) is 0. The van der Waals surface area contributed by atoms with Gasteiger partial charge in [-0.15, -0.1) is 0 Å². The van der Waals surface area contributed by atoms with E-state index in [2.05, 4.69) is 57.2 Å². The fourth-order valence-electron chi connectivity index (χ4n) is 6.60. The maximum atomic E-state index is 12.7. The number of esters is 2. The second-order valence-electron chi connectivity index (χ2n) is 15.7. The number of allylic oxidation sites excluding steroid dienone is 6. The number of carbonyl (C=O) groups excluding carboxylic acids is 2. The zero-order valence-corrected chi connectivity index (χ0v) is 36.2. The van der Waals surface area contributed by atoms with E-state index < -0.39 is 6.10 Å². The lowest BCUT2D eigenvalue weighted by Crippen LogP contribution is -2.30. The predicted molar refractivity (Wildman–Crippen MR) is 233 cm³/mol. The van der Waals surface area contributed by atoms with Gasteiger partial charge in [0.05, 0.1) is 6.61 Å². The molecule has 0 spiro atoms. The fourth-order valence-corrected chi connectivity index (χ4v) is 6.60. The van der Waals surface area contributed by atoms with Crippen LogP contribution in [-0.2, 0) is 23.8 Å². The van der Waals surface area contributed by atoms with Gasteiger partial charge < -0.3 is 14.2 Å². The molecule has 0 aromatic heterocycles. The average Bonchev–Trinajstić information content (AvgIpc) is 3.17. The Morgan fingerprint density at radius 3 is 1.31 bits per heavy atom. The van der Waals surface area contributed by atoms with Crippen LogP contribution in [0.4, 0.5) is 0 Å². The van der Waals surface area contributed by atoms with Crippen molar-refractivity contribution >= 4 is 11.9 Å². The molecule has 0 N–H and O–H groups in total. The SMILES string of the molecule is CCC/C=C\C/C=C\CCCCCCCC(=O)OC(COCCCCCCCC)COC(=O)CCCCCCCCCCC/C=C\CCCCCCCC. The van der Waals surface area contributed by atoms with E-state index >= 15 is 0 Å². The van der Waals surface area contributed by atoms with Crippen LogP contribution in [0.3, 0.4) is 0 Å². The van der Waals surface area contributed by atoms with Crippen molar-refractivity contribution < 1.29 is 23.8 Å². The largest absolute Gasteiger partial charge is 0.462 e. The Kier molecular flexibility index (Phi) is 43.9. The summed E-state index contributed by atoms with van der Waals surface area (Å²) in [6.45, 7) is 7.72. The first-order valence-corrected chi connectivity index (χ1v) is 23.5. The average molecular weight is 759 g/mol. The third kappa shape index (κ3) is 42.9. The maximum absolute atomic E-state index is 12.7. The van der Waals surface area contributed by atoms with Crippen molar-refractivity contribution in [2.75, 3.05) is 19.8 Å². The molecule has 1 unspecified atom stereocenters. The molecule has 316 valence electrons. The van der Waals surface area contributed by atoms with E-state index in [4.69, 9.17) is 14.2 Å². The highest BCUT2D eigenvalue weighted by molar-refractivity contribution is 5.70. The van der Waals surface area contributed by atoms with Crippen molar-refractivity contribution in [1.82, 2.24) is 0 Å². The van der Waals surface area contributed by atoms with Crippen molar-refractivity contribution in [2.45, 2.75) is 245 Å². The van der Waals surface area contributed by atoms with Gasteiger partial charge in [0.2, 0.25) is 0 Å². The van der Waals surface area contributed by atoms with Gasteiger partial charge in [0.1, 0.15) is 6.61 Å². The Morgan fingerprint density at radius 2 is 0.815 bits per heavy atom. The van der Waals surface area contributed by atoms with E-state index in [1.807, 2.05) is 0 Å². The Bertz CT molecular complexity index is 862. The van der Waals surface area contributed by atoms with Crippen LogP contribution in [-0.4, -0.2) is 37.9 Å². The molecule has 5 heteroatoms. The van der Waals surface area contributed by atoms with E-state index in [0.717, 1.165) is 57.8 Å². The standard InChI is InChI=1S/C49H90O5/c1-4-7-10-13-16-18-20-22-23-24-25-26-27-29-30-32-34-36-39-42-48(50)53-46-47(45-52-44-41-38-15-12-9-6-3)54-49(51)43-40-37-35-33-31-28-21-19-17-14-11-8-5-2/h11,14,19,21-23,47H,4-10,12-13,15-18,20,24-46H2,1-3H3/b14-11-,21-19-,23-22-. The van der Waals surface area contributed by atoms with E-state index in [-0.39, 0.29) is 25.2 Å². The minimum Gasteiger partial charge on any atom is -0.462 e. The van der Waals surface area contributed by atoms with Gasteiger partial charge in [-0.05, 0) is 70.6 Å². The highest BCUT2D eigenvalue weighted by atomic mass is 16.6. The molecule has 0 aliphatic rings. The number of carbonyl (C=O) groups is 2. The van der Waals surface area contributed by atoms with Gasteiger partial charge in [-0.25, -0.2) is 0 Å². The molecule has 0 aliphatic carbocycles. The van der Waals surface area contributed by atoms with E-state index in [9.17, 15) is 9.59 Å². The molecule has 0 aromatic rings. The van der Waals surface area contributed by atoms with Crippen LogP contribution < -0.4 is 0 Å². The Hall–Kier alpha value is -1.88. The summed E-state index contributed by atoms with van der Waals surface area (Å²) >= 11 is 0. The molecular weight excluding hydrogens is 669 g/mol. The monoisotopic (exact) mass is 759 g/mol. The van der Waals surface area contributed by atoms with E-state index in [1.165, 1.54) is 148 Å². The molecular formula is C49H90O5. The first kappa shape index (κ1) is 52.1. The van der Waals surface area contributed by atoms with Crippen LogP contribution in [0.2, 0.25) is 0 Å². The van der Waals surface area contributed by atoms with E-state index in [0.29, 0.717) is 19.4 Å². The van der Waals surface area contributed by atoms with E-state index in [1.54, 1.807) is 0 Å². The van der Waals surface area contributed by atoms with Crippen LogP contribution in [0.25, 0.3) is 0 Å². The van der Waals surface area contributed by atoms with Gasteiger partial charge in [-0.3, -0.25) is 9.59 Å². The van der Waals surface area contributed by atoms with Crippen LogP contribution in [0.15, 0.2) is 36.5 Å². The molecule has 0 fully saturated rings. The topological polar surface area (TPSA) is 61.8 Å². The zero-order valence-electron chi connectivity index (χ0n) is 36.2. The second kappa shape index (κ2) is 45.5. The lowest BCUT2D eigenvalue weighted by molar-refractivity contribution is -0.163. The first-order valence-electron chi connectivity index (χ1n) is 23.5. The quantitative estimate of drug-likeness (QED) is 0.0352. The number of unbranched alkanes of at least 4 members (excludes halogenated alkanes) is 26. The smallest absolute Gasteiger partial charge is 0.306 e. The van der Waals surface area contributed by atoms with Crippen LogP contribution in [0.5, 0.6) is 0 Å². The van der Waals surface area contributed by atoms with Gasteiger partial charge in [0, 0.05) is 19.4 Å². The Morgan fingerprint density at radius 1 is 0.407 bits per heavy atom. The zero-order chi connectivity index (χ0) is 39.3. The van der Waals surface area contributed by atoms with Crippen molar-refractivity contribution in [3.8, 4) is 0 Å². The molecule has 1 atom stereocenters. The Labute approximate surface area is 336 Å². The van der Waals surface area contributed by atoms with Gasteiger partial charge in [0.15, 0.2) is 6.10 Å². The maximum Gasteiger partial charge on any atom is 0.306 e. The van der Waals surface area contributed by atoms with Gasteiger partial charge in [0.25, 0.3) is 0 Å². The lowest BCUT2D eigenvalue weighted by Gasteiger charge is -2.18. The molecule has 5 nitrogen and oxygen atoms in total. The molecule has 0 heterocycles. The number of hydrogen-bond acceptors (Lipinski definition) is 5. The highest BCUT2D eigenvalue weighted by Gasteiger charge is 2.17. The molecule has 0 rings (SSSR count). The van der Waals surface area contributed by atoms with Crippen molar-refractivity contribution in [2.24, 2.45) is 0 Å². The number of hydrogen-bond donors (Lipinski definition) is 0. The molecule has 0 aromatic carbocycles. The van der Waals surface area contributed by atoms with Crippen LogP contribution >= 0.6 is 0 Å². The molecule has 0 radical (unpaired) electrons. The molecule has 0 saturated carbocycles. The summed E-state index contributed by atoms with van der Waals surface area (Å²) in [7, 11) is 0. The summed E-state index contributed by atoms with van der Waals surface area (Å²) in [4.78, 5) is 25.2. The fraction of sp³-hybridized carbons (Fsp3) is 0.837. The molecule has 0 aliphatic heterocycles. The molecule has 0 amide bonds. The second-order valence-corrected chi connectivity index (χ2v) is 15.7. The lowest BCUT2D eigenvalue weighted by atomic mass is 10.1. The van der Waals surface area contributed by atoms with Crippen LogP contribution in [0.1, 0.15) is 239 Å².